The Balaban J connectivity index is 1.45. The van der Waals surface area contributed by atoms with Crippen LogP contribution >= 0.6 is 11.6 Å². The fourth-order valence-electron chi connectivity index (χ4n) is 4.71. The van der Waals surface area contributed by atoms with Gasteiger partial charge in [-0.1, -0.05) is 41.9 Å². The zero-order chi connectivity index (χ0) is 28.4. The number of halogens is 1. The van der Waals surface area contributed by atoms with E-state index in [4.69, 9.17) is 30.5 Å². The molecule has 0 bridgehead atoms. The Bertz CT molecular complexity index is 1390. The highest BCUT2D eigenvalue weighted by atomic mass is 35.5. The smallest absolute Gasteiger partial charge is 0.338 e. The van der Waals surface area contributed by atoms with Crippen molar-refractivity contribution in [3.63, 3.8) is 0 Å². The average molecular weight is 566 g/mol. The molecule has 0 unspecified atom stereocenters. The first kappa shape index (κ1) is 27.5. The maximum atomic E-state index is 13.4. The van der Waals surface area contributed by atoms with E-state index in [0.29, 0.717) is 5.02 Å². The van der Waals surface area contributed by atoms with Crippen molar-refractivity contribution in [2.24, 2.45) is 0 Å². The number of benzene rings is 3. The first-order chi connectivity index (χ1) is 19.3. The Morgan fingerprint density at radius 2 is 1.45 bits per heavy atom. The van der Waals surface area contributed by atoms with E-state index in [1.807, 2.05) is 0 Å². The highest BCUT2D eigenvalue weighted by molar-refractivity contribution is 6.30. The summed E-state index contributed by atoms with van der Waals surface area (Å²) in [4.78, 5) is 53.2. The third kappa shape index (κ3) is 5.22. The van der Waals surface area contributed by atoms with Crippen molar-refractivity contribution in [2.75, 3.05) is 13.7 Å². The van der Waals surface area contributed by atoms with E-state index < -0.39 is 61.0 Å². The largest absolute Gasteiger partial charge is 0.459 e. The standard InChI is InChI=1S/C29H24ClNO9/c1-37-29-22(31-25(33)19-9-5-6-10-20(19)26(31)34)24(40-28(36)17-11-13-18(30)14-12-17)23(32)21(39-29)15-38-27(35)16-7-3-2-4-8-16/h2-14,21-24,29,32H,15H2,1H3/t21-,22-,23-,24-,29-/m1/s1. The van der Waals surface area contributed by atoms with E-state index in [0.717, 1.165) is 4.90 Å². The predicted octanol–water partition coefficient (Wildman–Crippen LogP) is 3.12. The van der Waals surface area contributed by atoms with Gasteiger partial charge in [-0.15, -0.1) is 0 Å². The van der Waals surface area contributed by atoms with Crippen molar-refractivity contribution in [1.29, 1.82) is 0 Å². The van der Waals surface area contributed by atoms with Crippen LogP contribution in [-0.2, 0) is 18.9 Å². The maximum Gasteiger partial charge on any atom is 0.338 e. The minimum atomic E-state index is -1.62. The Morgan fingerprint density at radius 1 is 0.875 bits per heavy atom. The van der Waals surface area contributed by atoms with Gasteiger partial charge in [0.1, 0.15) is 24.9 Å². The van der Waals surface area contributed by atoms with E-state index in [-0.39, 0.29) is 22.3 Å². The van der Waals surface area contributed by atoms with Crippen molar-refractivity contribution in [1.82, 2.24) is 4.90 Å². The summed E-state index contributed by atoms with van der Waals surface area (Å²) >= 11 is 5.93. The molecule has 2 heterocycles. The highest BCUT2D eigenvalue weighted by Gasteiger charge is 2.55. The molecule has 1 N–H and O–H groups in total. The van der Waals surface area contributed by atoms with Gasteiger partial charge in [0, 0.05) is 12.1 Å². The number of amides is 2. The lowest BCUT2D eigenvalue weighted by molar-refractivity contribution is -0.271. The van der Waals surface area contributed by atoms with E-state index in [9.17, 15) is 24.3 Å². The van der Waals surface area contributed by atoms with Crippen molar-refractivity contribution in [3.8, 4) is 0 Å². The van der Waals surface area contributed by atoms with Gasteiger partial charge < -0.3 is 24.1 Å². The second-order valence-corrected chi connectivity index (χ2v) is 9.56. The lowest BCUT2D eigenvalue weighted by Crippen LogP contribution is -2.66. The summed E-state index contributed by atoms with van der Waals surface area (Å²) in [6.45, 7) is -0.432. The molecule has 1 fully saturated rings. The first-order valence-corrected chi connectivity index (χ1v) is 12.7. The number of rotatable bonds is 7. The summed E-state index contributed by atoms with van der Waals surface area (Å²) in [5.41, 5.74) is 0.702. The number of aliphatic hydroxyl groups excluding tert-OH is 1. The second-order valence-electron chi connectivity index (χ2n) is 9.13. The van der Waals surface area contributed by atoms with Gasteiger partial charge in [0.15, 0.2) is 12.4 Å². The molecule has 11 heteroatoms. The van der Waals surface area contributed by atoms with Crippen molar-refractivity contribution in [2.45, 2.75) is 30.6 Å². The van der Waals surface area contributed by atoms with E-state index in [1.165, 1.54) is 43.5 Å². The van der Waals surface area contributed by atoms with Crippen LogP contribution in [0.1, 0.15) is 41.4 Å². The topological polar surface area (TPSA) is 129 Å². The number of ether oxygens (including phenoxy) is 4. The molecule has 0 aromatic heterocycles. The molecule has 0 aliphatic carbocycles. The lowest BCUT2D eigenvalue weighted by Gasteiger charge is -2.45. The first-order valence-electron chi connectivity index (χ1n) is 12.3. The number of hydrogen-bond acceptors (Lipinski definition) is 9. The van der Waals surface area contributed by atoms with Crippen LogP contribution in [0.3, 0.4) is 0 Å². The third-order valence-electron chi connectivity index (χ3n) is 6.71. The summed E-state index contributed by atoms with van der Waals surface area (Å²) in [6, 6.07) is 18.9. The number of imide groups is 1. The second kappa shape index (κ2) is 11.6. The zero-order valence-electron chi connectivity index (χ0n) is 21.1. The maximum absolute atomic E-state index is 13.4. The summed E-state index contributed by atoms with van der Waals surface area (Å²) in [5, 5.41) is 11.8. The van der Waals surface area contributed by atoms with E-state index in [1.54, 1.807) is 42.5 Å². The van der Waals surface area contributed by atoms with E-state index >= 15 is 0 Å². The lowest BCUT2D eigenvalue weighted by atomic mass is 9.95. The molecule has 206 valence electrons. The molecule has 40 heavy (non-hydrogen) atoms. The van der Waals surface area contributed by atoms with Crippen LogP contribution < -0.4 is 0 Å². The van der Waals surface area contributed by atoms with E-state index in [2.05, 4.69) is 0 Å². The number of carbonyl (C=O) groups excluding carboxylic acids is 4. The Labute approximate surface area is 234 Å². The SMILES string of the molecule is CO[C@@H]1O[C@H](COC(=O)c2ccccc2)[C@@H](O)[C@H](OC(=O)c2ccc(Cl)cc2)[C@H]1N1C(=O)c2ccccc2C1=O. The molecule has 0 spiro atoms. The summed E-state index contributed by atoms with van der Waals surface area (Å²) < 4.78 is 22.4. The van der Waals surface area contributed by atoms with Crippen LogP contribution in [0.25, 0.3) is 0 Å². The van der Waals surface area contributed by atoms with Gasteiger partial charge in [-0.05, 0) is 48.5 Å². The molecule has 0 saturated carbocycles. The molecule has 2 aliphatic heterocycles. The van der Waals surface area contributed by atoms with Crippen LogP contribution in [0.4, 0.5) is 0 Å². The molecule has 1 saturated heterocycles. The van der Waals surface area contributed by atoms with Gasteiger partial charge in [0.25, 0.3) is 11.8 Å². The molecule has 2 amide bonds. The Morgan fingerprint density at radius 3 is 2.05 bits per heavy atom. The van der Waals surface area contributed by atoms with Gasteiger partial charge in [0.2, 0.25) is 0 Å². The average Bonchev–Trinajstić information content (AvgIpc) is 3.23. The minimum Gasteiger partial charge on any atom is -0.459 e. The molecular weight excluding hydrogens is 542 g/mol. The van der Waals surface area contributed by atoms with Gasteiger partial charge in [-0.3, -0.25) is 14.5 Å². The number of fused-ring (bicyclic) bond motifs is 1. The fourth-order valence-corrected chi connectivity index (χ4v) is 4.84. The molecule has 3 aromatic carbocycles. The summed E-state index contributed by atoms with van der Waals surface area (Å²) in [6.07, 6.45) is -5.70. The van der Waals surface area contributed by atoms with Crippen LogP contribution in [-0.4, -0.2) is 78.1 Å². The number of nitrogens with zero attached hydrogens (tertiary/aromatic N) is 1. The Kier molecular flexibility index (Phi) is 7.95. The zero-order valence-corrected chi connectivity index (χ0v) is 21.9. The van der Waals surface area contributed by atoms with Gasteiger partial charge in [-0.25, -0.2) is 9.59 Å². The molecule has 2 aliphatic rings. The molecule has 5 rings (SSSR count). The summed E-state index contributed by atoms with van der Waals surface area (Å²) in [7, 11) is 1.28. The fraction of sp³-hybridized carbons (Fsp3) is 0.241. The molecule has 0 radical (unpaired) electrons. The molecular formula is C29H24ClNO9. The number of carbonyl (C=O) groups is 4. The van der Waals surface area contributed by atoms with Crippen molar-refractivity contribution in [3.05, 3.63) is 106 Å². The number of esters is 2. The normalized spacial score (nSPS) is 24.0. The van der Waals surface area contributed by atoms with Crippen LogP contribution in [0, 0.1) is 0 Å². The summed E-state index contributed by atoms with van der Waals surface area (Å²) in [5.74, 6) is -2.84. The molecule has 10 nitrogen and oxygen atoms in total. The van der Waals surface area contributed by atoms with Crippen LogP contribution in [0.15, 0.2) is 78.9 Å². The van der Waals surface area contributed by atoms with Gasteiger partial charge in [0.05, 0.1) is 22.3 Å². The van der Waals surface area contributed by atoms with Crippen molar-refractivity contribution < 1.29 is 43.2 Å². The number of methoxy groups -OCH3 is 1. The predicted molar refractivity (Wildman–Crippen MR) is 140 cm³/mol. The molecule has 5 atom stereocenters. The number of aliphatic hydroxyl groups is 1. The number of hydrogen-bond donors (Lipinski definition) is 1. The van der Waals surface area contributed by atoms with Crippen molar-refractivity contribution >= 4 is 35.4 Å². The molecule has 3 aromatic rings. The van der Waals surface area contributed by atoms with Gasteiger partial charge >= 0.3 is 11.9 Å². The monoisotopic (exact) mass is 565 g/mol. The van der Waals surface area contributed by atoms with Crippen LogP contribution in [0.2, 0.25) is 5.02 Å². The minimum absolute atomic E-state index is 0.116. The third-order valence-corrected chi connectivity index (χ3v) is 6.96. The highest BCUT2D eigenvalue weighted by Crippen LogP contribution is 2.34. The van der Waals surface area contributed by atoms with Gasteiger partial charge in [-0.2, -0.15) is 0 Å². The Hall–Kier alpha value is -4.09. The van der Waals surface area contributed by atoms with Crippen LogP contribution in [0.5, 0.6) is 0 Å². The quantitative estimate of drug-likeness (QED) is 0.339.